The number of aryl methyl sites for hydroxylation is 1. The second-order valence-electron chi connectivity index (χ2n) is 6.30. The molecule has 106 valence electrons. The molecule has 0 radical (unpaired) electrons. The van der Waals surface area contributed by atoms with Crippen LogP contribution in [-0.2, 0) is 6.54 Å². The third kappa shape index (κ3) is 4.63. The van der Waals surface area contributed by atoms with Crippen molar-refractivity contribution in [2.24, 2.45) is 5.92 Å². The molecule has 2 nitrogen and oxygen atoms in total. The number of benzene rings is 1. The fraction of sp³-hybridized carbons (Fsp3) is 0.647. The second kappa shape index (κ2) is 6.53. The Morgan fingerprint density at radius 3 is 2.68 bits per heavy atom. The average molecular weight is 260 g/mol. The van der Waals surface area contributed by atoms with Crippen molar-refractivity contribution in [2.45, 2.75) is 52.2 Å². The Hall–Kier alpha value is -0.860. The van der Waals surface area contributed by atoms with Crippen LogP contribution in [0, 0.1) is 12.8 Å². The number of nitrogens with one attached hydrogen (secondary N) is 1. The lowest BCUT2D eigenvalue weighted by atomic mass is 10.0. The Morgan fingerprint density at radius 2 is 2.05 bits per heavy atom. The van der Waals surface area contributed by atoms with Crippen LogP contribution in [0.25, 0.3) is 0 Å². The third-order valence-electron chi connectivity index (χ3n) is 4.34. The standard InChI is InChI=1S/C17H28N2/c1-13-6-5-7-16(10-13)12-19(4)15(3)14(2)11-18-17-8-9-17/h5-7,10,14-15,17-18H,8-9,11-12H2,1-4H3. The molecule has 0 amide bonds. The van der Waals surface area contributed by atoms with Crippen LogP contribution in [0.3, 0.4) is 0 Å². The minimum absolute atomic E-state index is 0.603. The van der Waals surface area contributed by atoms with Crippen molar-refractivity contribution in [1.82, 2.24) is 10.2 Å². The summed E-state index contributed by atoms with van der Waals surface area (Å²) in [5.74, 6) is 0.690. The van der Waals surface area contributed by atoms with Gasteiger partial charge in [0.1, 0.15) is 0 Å². The smallest absolute Gasteiger partial charge is 0.0233 e. The molecule has 1 fully saturated rings. The van der Waals surface area contributed by atoms with E-state index in [4.69, 9.17) is 0 Å². The second-order valence-corrected chi connectivity index (χ2v) is 6.30. The van der Waals surface area contributed by atoms with E-state index in [1.54, 1.807) is 0 Å². The predicted octanol–water partition coefficient (Wildman–Crippen LogP) is 3.20. The largest absolute Gasteiger partial charge is 0.314 e. The Morgan fingerprint density at radius 1 is 1.32 bits per heavy atom. The first-order valence-corrected chi connectivity index (χ1v) is 7.55. The fourth-order valence-corrected chi connectivity index (χ4v) is 2.49. The summed E-state index contributed by atoms with van der Waals surface area (Å²) in [5, 5.41) is 3.64. The maximum Gasteiger partial charge on any atom is 0.0233 e. The predicted molar refractivity (Wildman–Crippen MR) is 82.3 cm³/mol. The van der Waals surface area contributed by atoms with Crippen molar-refractivity contribution in [3.8, 4) is 0 Å². The van der Waals surface area contributed by atoms with E-state index in [9.17, 15) is 0 Å². The molecular weight excluding hydrogens is 232 g/mol. The highest BCUT2D eigenvalue weighted by Crippen LogP contribution is 2.20. The highest BCUT2D eigenvalue weighted by atomic mass is 15.1. The van der Waals surface area contributed by atoms with Crippen LogP contribution in [0.5, 0.6) is 0 Å². The van der Waals surface area contributed by atoms with Crippen molar-refractivity contribution < 1.29 is 0 Å². The van der Waals surface area contributed by atoms with Crippen LogP contribution in [0.15, 0.2) is 24.3 Å². The zero-order valence-corrected chi connectivity index (χ0v) is 12.8. The van der Waals surface area contributed by atoms with Crippen LogP contribution in [-0.4, -0.2) is 30.6 Å². The molecular formula is C17H28N2. The van der Waals surface area contributed by atoms with E-state index in [0.717, 1.165) is 19.1 Å². The van der Waals surface area contributed by atoms with Gasteiger partial charge in [-0.1, -0.05) is 36.8 Å². The van der Waals surface area contributed by atoms with Gasteiger partial charge in [-0.05, 0) is 51.8 Å². The maximum atomic E-state index is 3.64. The normalized spacial score (nSPS) is 18.6. The average Bonchev–Trinajstić information content (AvgIpc) is 3.19. The Balaban J connectivity index is 1.81. The maximum absolute atomic E-state index is 3.64. The zero-order chi connectivity index (χ0) is 13.8. The van der Waals surface area contributed by atoms with Gasteiger partial charge in [-0.3, -0.25) is 4.90 Å². The van der Waals surface area contributed by atoms with Gasteiger partial charge in [0.25, 0.3) is 0 Å². The lowest BCUT2D eigenvalue weighted by molar-refractivity contribution is 0.188. The SMILES string of the molecule is Cc1cccc(CN(C)C(C)C(C)CNC2CC2)c1. The molecule has 0 heterocycles. The van der Waals surface area contributed by atoms with Crippen LogP contribution in [0.4, 0.5) is 0 Å². The van der Waals surface area contributed by atoms with Crippen molar-refractivity contribution >= 4 is 0 Å². The molecule has 0 bridgehead atoms. The molecule has 1 aliphatic carbocycles. The number of hydrogen-bond acceptors (Lipinski definition) is 2. The number of hydrogen-bond donors (Lipinski definition) is 1. The molecule has 2 atom stereocenters. The lowest BCUT2D eigenvalue weighted by Crippen LogP contribution is -2.39. The van der Waals surface area contributed by atoms with Crippen molar-refractivity contribution in [1.29, 1.82) is 0 Å². The summed E-state index contributed by atoms with van der Waals surface area (Å²) in [4.78, 5) is 2.47. The zero-order valence-electron chi connectivity index (χ0n) is 12.8. The summed E-state index contributed by atoms with van der Waals surface area (Å²) < 4.78 is 0. The van der Waals surface area contributed by atoms with Crippen molar-refractivity contribution in [3.63, 3.8) is 0 Å². The van der Waals surface area contributed by atoms with E-state index in [-0.39, 0.29) is 0 Å². The highest BCUT2D eigenvalue weighted by molar-refractivity contribution is 5.22. The highest BCUT2D eigenvalue weighted by Gasteiger charge is 2.23. The summed E-state index contributed by atoms with van der Waals surface area (Å²) in [7, 11) is 2.24. The van der Waals surface area contributed by atoms with Crippen LogP contribution in [0.1, 0.15) is 37.8 Å². The van der Waals surface area contributed by atoms with E-state index >= 15 is 0 Å². The summed E-state index contributed by atoms with van der Waals surface area (Å²) in [6.07, 6.45) is 2.75. The Kier molecular flexibility index (Phi) is 5.00. The fourth-order valence-electron chi connectivity index (χ4n) is 2.49. The lowest BCUT2D eigenvalue weighted by Gasteiger charge is -2.30. The first-order chi connectivity index (χ1) is 9.06. The van der Waals surface area contributed by atoms with Crippen LogP contribution in [0.2, 0.25) is 0 Å². The summed E-state index contributed by atoms with van der Waals surface area (Å²) in [5.41, 5.74) is 2.76. The minimum Gasteiger partial charge on any atom is -0.314 e. The Labute approximate surface area is 118 Å². The van der Waals surface area contributed by atoms with E-state index in [0.29, 0.717) is 12.0 Å². The molecule has 1 aromatic rings. The van der Waals surface area contributed by atoms with Gasteiger partial charge in [0, 0.05) is 18.6 Å². The van der Waals surface area contributed by atoms with Crippen LogP contribution >= 0.6 is 0 Å². The minimum atomic E-state index is 0.603. The van der Waals surface area contributed by atoms with E-state index < -0.39 is 0 Å². The van der Waals surface area contributed by atoms with Gasteiger partial charge >= 0.3 is 0 Å². The molecule has 2 unspecified atom stereocenters. The summed E-state index contributed by atoms with van der Waals surface area (Å²) in [6.45, 7) is 9.04. The molecule has 1 N–H and O–H groups in total. The monoisotopic (exact) mass is 260 g/mol. The molecule has 0 aliphatic heterocycles. The molecule has 0 saturated heterocycles. The topological polar surface area (TPSA) is 15.3 Å². The summed E-state index contributed by atoms with van der Waals surface area (Å²) >= 11 is 0. The van der Waals surface area contributed by atoms with Gasteiger partial charge in [0.2, 0.25) is 0 Å². The molecule has 1 aliphatic rings. The summed E-state index contributed by atoms with van der Waals surface area (Å²) in [6, 6.07) is 10.2. The molecule has 2 heteroatoms. The van der Waals surface area contributed by atoms with Crippen molar-refractivity contribution in [2.75, 3.05) is 13.6 Å². The number of nitrogens with zero attached hydrogens (tertiary/aromatic N) is 1. The third-order valence-corrected chi connectivity index (χ3v) is 4.34. The van der Waals surface area contributed by atoms with Gasteiger partial charge in [-0.15, -0.1) is 0 Å². The van der Waals surface area contributed by atoms with Gasteiger partial charge in [0.05, 0.1) is 0 Å². The van der Waals surface area contributed by atoms with Gasteiger partial charge in [-0.25, -0.2) is 0 Å². The van der Waals surface area contributed by atoms with E-state index in [1.165, 1.54) is 24.0 Å². The van der Waals surface area contributed by atoms with Gasteiger partial charge < -0.3 is 5.32 Å². The van der Waals surface area contributed by atoms with Gasteiger partial charge in [-0.2, -0.15) is 0 Å². The number of rotatable bonds is 7. The molecule has 0 aromatic heterocycles. The first kappa shape index (κ1) is 14.5. The quantitative estimate of drug-likeness (QED) is 0.810. The van der Waals surface area contributed by atoms with Crippen molar-refractivity contribution in [3.05, 3.63) is 35.4 Å². The molecule has 1 saturated carbocycles. The molecule has 19 heavy (non-hydrogen) atoms. The van der Waals surface area contributed by atoms with E-state index in [1.807, 2.05) is 0 Å². The van der Waals surface area contributed by atoms with Crippen LogP contribution < -0.4 is 5.32 Å². The molecule has 2 rings (SSSR count). The molecule has 1 aromatic carbocycles. The first-order valence-electron chi connectivity index (χ1n) is 7.55. The Bertz CT molecular complexity index is 398. The van der Waals surface area contributed by atoms with E-state index in [2.05, 4.69) is 62.3 Å². The van der Waals surface area contributed by atoms with Gasteiger partial charge in [0.15, 0.2) is 0 Å². The molecule has 0 spiro atoms.